The Morgan fingerprint density at radius 1 is 1.35 bits per heavy atom. The molecule has 0 unspecified atom stereocenters. The number of nitrogens with one attached hydrogen (secondary N) is 1. The van der Waals surface area contributed by atoms with Crippen LogP contribution in [0, 0.1) is 11.6 Å². The molecule has 0 fully saturated rings. The smallest absolute Gasteiger partial charge is 0.145 e. The lowest BCUT2D eigenvalue weighted by Gasteiger charge is -2.03. The Hall–Kier alpha value is -2.01. The quantitative estimate of drug-likeness (QED) is 0.667. The topological polar surface area (TPSA) is 46.5 Å². The van der Waals surface area contributed by atoms with E-state index in [0.717, 1.165) is 16.7 Å². The first-order valence-corrected chi connectivity index (χ1v) is 5.65. The Kier molecular flexibility index (Phi) is 2.26. The molecular weight excluding hydrogens is 232 g/mol. The van der Waals surface area contributed by atoms with E-state index in [1.54, 1.807) is 12.5 Å². The molecule has 0 saturated heterocycles. The highest BCUT2D eigenvalue weighted by molar-refractivity contribution is 7.71. The van der Waals surface area contributed by atoms with E-state index in [1.807, 2.05) is 16.8 Å². The zero-order valence-electron chi connectivity index (χ0n) is 9.21. The van der Waals surface area contributed by atoms with E-state index in [1.165, 1.54) is 5.56 Å². The summed E-state index contributed by atoms with van der Waals surface area (Å²) in [6.07, 6.45) is 3.34. The molecule has 0 radical (unpaired) electrons. The third-order valence-electron chi connectivity index (χ3n) is 2.63. The zero-order chi connectivity index (χ0) is 11.8. The summed E-state index contributed by atoms with van der Waals surface area (Å²) in [5.41, 5.74) is 3.08. The van der Waals surface area contributed by atoms with Crippen molar-refractivity contribution in [2.75, 3.05) is 0 Å². The first-order chi connectivity index (χ1) is 8.25. The average molecular weight is 242 g/mol. The maximum absolute atomic E-state index is 5.16. The molecule has 5 heteroatoms. The lowest BCUT2D eigenvalue weighted by Crippen LogP contribution is -1.97. The molecule has 0 amide bonds. The van der Waals surface area contributed by atoms with E-state index < -0.39 is 0 Å². The van der Waals surface area contributed by atoms with Gasteiger partial charge in [0.1, 0.15) is 10.3 Å². The Morgan fingerprint density at radius 2 is 2.24 bits per heavy atom. The summed E-state index contributed by atoms with van der Waals surface area (Å²) < 4.78 is 2.40. The monoisotopic (exact) mass is 242 g/mol. The molecule has 2 aromatic heterocycles. The second-order valence-electron chi connectivity index (χ2n) is 3.87. The normalized spacial score (nSPS) is 10.9. The highest BCUT2D eigenvalue weighted by Crippen LogP contribution is 2.16. The van der Waals surface area contributed by atoms with Gasteiger partial charge in [-0.1, -0.05) is 24.4 Å². The third kappa shape index (κ3) is 1.64. The number of hydrogen-bond acceptors (Lipinski definition) is 3. The van der Waals surface area contributed by atoms with E-state index in [-0.39, 0.29) is 0 Å². The molecule has 0 aliphatic rings. The van der Waals surface area contributed by atoms with Crippen LogP contribution in [0.25, 0.3) is 16.7 Å². The van der Waals surface area contributed by atoms with Crippen LogP contribution in [-0.4, -0.2) is 19.7 Å². The summed E-state index contributed by atoms with van der Waals surface area (Å²) in [4.78, 5) is 7.12. The van der Waals surface area contributed by atoms with Gasteiger partial charge in [0.25, 0.3) is 0 Å². The number of benzene rings is 1. The molecule has 0 aliphatic heterocycles. The molecule has 3 rings (SSSR count). The number of nitrogens with zero attached hydrogens (tertiary/aromatic N) is 3. The number of fused-ring (bicyclic) bond motifs is 1. The number of rotatable bonds is 1. The van der Waals surface area contributed by atoms with Crippen LogP contribution in [0.3, 0.4) is 0 Å². The maximum atomic E-state index is 5.16. The van der Waals surface area contributed by atoms with Crippen molar-refractivity contribution in [2.45, 2.75) is 6.92 Å². The molecule has 0 spiro atoms. The van der Waals surface area contributed by atoms with Crippen LogP contribution in [0.15, 0.2) is 36.8 Å². The molecule has 1 N–H and O–H groups in total. The van der Waals surface area contributed by atoms with E-state index in [0.29, 0.717) is 4.64 Å². The lowest BCUT2D eigenvalue weighted by atomic mass is 10.2. The Labute approximate surface area is 103 Å². The molecule has 3 aromatic rings. The molecule has 0 atom stereocenters. The van der Waals surface area contributed by atoms with E-state index in [9.17, 15) is 0 Å². The van der Waals surface area contributed by atoms with Gasteiger partial charge in [-0.05, 0) is 24.6 Å². The molecule has 0 bridgehead atoms. The number of aromatic nitrogens is 4. The van der Waals surface area contributed by atoms with Gasteiger partial charge in [0.2, 0.25) is 0 Å². The second-order valence-corrected chi connectivity index (χ2v) is 4.25. The molecule has 84 valence electrons. The summed E-state index contributed by atoms with van der Waals surface area (Å²) >= 11 is 5.16. The molecular formula is C12H10N4S. The molecule has 1 aromatic carbocycles. The van der Waals surface area contributed by atoms with Crippen LogP contribution < -0.4 is 0 Å². The summed E-state index contributed by atoms with van der Waals surface area (Å²) in [6, 6.07) is 8.15. The van der Waals surface area contributed by atoms with E-state index in [4.69, 9.17) is 12.2 Å². The van der Waals surface area contributed by atoms with Crippen LogP contribution >= 0.6 is 12.2 Å². The fourth-order valence-electron chi connectivity index (χ4n) is 1.82. The Morgan fingerprint density at radius 3 is 3.06 bits per heavy atom. The van der Waals surface area contributed by atoms with Crippen molar-refractivity contribution in [1.29, 1.82) is 0 Å². The molecule has 17 heavy (non-hydrogen) atoms. The maximum Gasteiger partial charge on any atom is 0.145 e. The Bertz CT molecular complexity index is 741. The van der Waals surface area contributed by atoms with Crippen LogP contribution in [0.5, 0.6) is 0 Å². The third-order valence-corrected chi connectivity index (χ3v) is 2.95. The van der Waals surface area contributed by atoms with Crippen molar-refractivity contribution in [3.05, 3.63) is 47.0 Å². The molecule has 0 saturated carbocycles. The number of hydrogen-bond donors (Lipinski definition) is 1. The summed E-state index contributed by atoms with van der Waals surface area (Å²) in [6.45, 7) is 2.05. The van der Waals surface area contributed by atoms with Crippen molar-refractivity contribution in [1.82, 2.24) is 19.7 Å². The molecule has 0 aliphatic carbocycles. The van der Waals surface area contributed by atoms with Crippen molar-refractivity contribution in [3.8, 4) is 5.69 Å². The molecule has 2 heterocycles. The second kappa shape index (κ2) is 3.78. The SMILES string of the molecule is Cc1cccc(-n2ncc3c(=S)nc[nH]c32)c1. The lowest BCUT2D eigenvalue weighted by molar-refractivity contribution is 0.893. The summed E-state index contributed by atoms with van der Waals surface area (Å²) in [5, 5.41) is 5.21. The van der Waals surface area contributed by atoms with Crippen molar-refractivity contribution in [3.63, 3.8) is 0 Å². The van der Waals surface area contributed by atoms with Gasteiger partial charge >= 0.3 is 0 Å². The minimum Gasteiger partial charge on any atom is -0.330 e. The van der Waals surface area contributed by atoms with Gasteiger partial charge < -0.3 is 4.98 Å². The summed E-state index contributed by atoms with van der Waals surface area (Å²) in [5.74, 6) is 0. The minimum atomic E-state index is 0.567. The van der Waals surface area contributed by atoms with Crippen molar-refractivity contribution in [2.24, 2.45) is 0 Å². The van der Waals surface area contributed by atoms with Gasteiger partial charge in [-0.25, -0.2) is 9.67 Å². The zero-order valence-corrected chi connectivity index (χ0v) is 10.0. The van der Waals surface area contributed by atoms with Gasteiger partial charge in [0.05, 0.1) is 23.6 Å². The largest absolute Gasteiger partial charge is 0.330 e. The van der Waals surface area contributed by atoms with Gasteiger partial charge in [-0.2, -0.15) is 5.10 Å². The number of aryl methyl sites for hydroxylation is 1. The summed E-state index contributed by atoms with van der Waals surface area (Å²) in [7, 11) is 0. The average Bonchev–Trinajstić information content (AvgIpc) is 2.74. The van der Waals surface area contributed by atoms with Crippen LogP contribution in [-0.2, 0) is 0 Å². The van der Waals surface area contributed by atoms with Gasteiger partial charge in [0, 0.05) is 0 Å². The van der Waals surface area contributed by atoms with Crippen molar-refractivity contribution >= 4 is 23.3 Å². The minimum absolute atomic E-state index is 0.567. The van der Waals surface area contributed by atoms with E-state index >= 15 is 0 Å². The Balaban J connectivity index is 2.32. The van der Waals surface area contributed by atoms with Crippen LogP contribution in [0.2, 0.25) is 0 Å². The highest BCUT2D eigenvalue weighted by Gasteiger charge is 2.06. The first-order valence-electron chi connectivity index (χ1n) is 5.24. The molecule has 4 nitrogen and oxygen atoms in total. The van der Waals surface area contributed by atoms with Crippen LogP contribution in [0.1, 0.15) is 5.56 Å². The highest BCUT2D eigenvalue weighted by atomic mass is 32.1. The fraction of sp³-hybridized carbons (Fsp3) is 0.0833. The van der Waals surface area contributed by atoms with Crippen molar-refractivity contribution < 1.29 is 0 Å². The number of aromatic amines is 1. The predicted molar refractivity (Wildman–Crippen MR) is 68.8 cm³/mol. The number of H-pyrrole nitrogens is 1. The first kappa shape index (κ1) is 10.2. The van der Waals surface area contributed by atoms with Gasteiger partial charge in [0.15, 0.2) is 0 Å². The van der Waals surface area contributed by atoms with Crippen LogP contribution in [0.4, 0.5) is 0 Å². The van der Waals surface area contributed by atoms with E-state index in [2.05, 4.69) is 34.1 Å². The predicted octanol–water partition coefficient (Wildman–Crippen LogP) is 2.79. The fourth-order valence-corrected chi connectivity index (χ4v) is 2.02. The standard InChI is InChI=1S/C12H10N4S/c1-8-3-2-4-9(5-8)16-11-10(6-15-16)12(17)14-7-13-11/h2-7H,1H3,(H,13,14,17). The van der Waals surface area contributed by atoms with Gasteiger partial charge in [-0.15, -0.1) is 0 Å². The van der Waals surface area contributed by atoms with Gasteiger partial charge in [-0.3, -0.25) is 0 Å².